The first-order valence-electron chi connectivity index (χ1n) is 16.2. The summed E-state index contributed by atoms with van der Waals surface area (Å²) in [4.78, 5) is 0. The minimum absolute atomic E-state index is 0.203. The number of fused-ring (bicyclic) bond motifs is 3. The van der Waals surface area contributed by atoms with Gasteiger partial charge in [0.1, 0.15) is 0 Å². The van der Waals surface area contributed by atoms with Crippen LogP contribution in [0.15, 0.2) is 146 Å². The molecule has 1 aliphatic carbocycles. The van der Waals surface area contributed by atoms with Crippen molar-refractivity contribution in [2.45, 2.75) is 58.8 Å². The van der Waals surface area contributed by atoms with Crippen molar-refractivity contribution in [2.24, 2.45) is 0 Å². The molecular formula is C45H44Zr. The molecule has 0 amide bonds. The predicted molar refractivity (Wildman–Crippen MR) is 197 cm³/mol. The molecule has 7 rings (SSSR count). The van der Waals surface area contributed by atoms with E-state index in [1.165, 1.54) is 82.4 Å². The van der Waals surface area contributed by atoms with Crippen LogP contribution in [0.25, 0.3) is 27.1 Å². The van der Waals surface area contributed by atoms with Gasteiger partial charge in [0.05, 0.1) is 0 Å². The summed E-state index contributed by atoms with van der Waals surface area (Å²) < 4.78 is 1.42. The molecule has 0 saturated carbocycles. The molecule has 0 spiro atoms. The third-order valence-corrected chi connectivity index (χ3v) is 9.76. The molecule has 228 valence electrons. The van der Waals surface area contributed by atoms with Gasteiger partial charge in [-0.1, -0.05) is 102 Å². The number of hydrogen-bond donors (Lipinski definition) is 0. The standard InChI is InChI=1S/C21H25.C13H10.C11H9.Zr/c1-20(2,3)16-7-9-18-14(12-16)11-15-13-17(21(4,5)6)8-10-19(15)18;1-3-7-12(8-4-1)11-13-9-5-2-6-10-13;1-2-6-10(7-3-1)11-8-4-5-9-11;/h7-13H,1-6H3;1-10H;1-4,6-8H,5H2;/q-1;;-1;+2. The summed E-state index contributed by atoms with van der Waals surface area (Å²) in [6.07, 6.45) is 8.49. The molecule has 1 aliphatic rings. The fourth-order valence-electron chi connectivity index (χ4n) is 5.55. The van der Waals surface area contributed by atoms with Crippen molar-refractivity contribution in [3.63, 3.8) is 0 Å². The normalized spacial score (nSPS) is 12.7. The molecule has 0 bridgehead atoms. The van der Waals surface area contributed by atoms with Crippen LogP contribution in [0.2, 0.25) is 0 Å². The van der Waals surface area contributed by atoms with Gasteiger partial charge < -0.3 is 0 Å². The second-order valence-corrected chi connectivity index (χ2v) is 15.1. The first-order valence-corrected chi connectivity index (χ1v) is 17.4. The van der Waals surface area contributed by atoms with E-state index in [9.17, 15) is 0 Å². The van der Waals surface area contributed by atoms with Crippen LogP contribution in [-0.4, -0.2) is 3.21 Å². The minimum atomic E-state index is 0.203. The number of rotatable bonds is 3. The van der Waals surface area contributed by atoms with Gasteiger partial charge in [-0.05, 0) is 10.8 Å². The first kappa shape index (κ1) is 33.6. The van der Waals surface area contributed by atoms with Gasteiger partial charge in [0.2, 0.25) is 0 Å². The summed E-state index contributed by atoms with van der Waals surface area (Å²) in [6, 6.07) is 47.6. The van der Waals surface area contributed by atoms with Crippen LogP contribution in [0.1, 0.15) is 75.8 Å². The summed E-state index contributed by atoms with van der Waals surface area (Å²) in [6.45, 7) is 13.6. The monoisotopic (exact) mass is 674 g/mol. The van der Waals surface area contributed by atoms with Crippen LogP contribution in [0.5, 0.6) is 0 Å². The van der Waals surface area contributed by atoms with E-state index >= 15 is 0 Å². The Balaban J connectivity index is 0.000000144. The van der Waals surface area contributed by atoms with Crippen molar-refractivity contribution < 1.29 is 24.2 Å². The van der Waals surface area contributed by atoms with E-state index in [1.807, 2.05) is 6.07 Å². The zero-order valence-corrected chi connectivity index (χ0v) is 30.5. The molecule has 0 fully saturated rings. The van der Waals surface area contributed by atoms with Crippen LogP contribution in [-0.2, 0) is 35.1 Å². The van der Waals surface area contributed by atoms with Gasteiger partial charge in [-0.3, -0.25) is 0 Å². The molecular weight excluding hydrogens is 632 g/mol. The second-order valence-electron chi connectivity index (χ2n) is 13.9. The molecule has 0 radical (unpaired) electrons. The summed E-state index contributed by atoms with van der Waals surface area (Å²) in [5.74, 6) is 0. The van der Waals surface area contributed by atoms with Gasteiger partial charge in [0, 0.05) is 0 Å². The maximum absolute atomic E-state index is 3.28. The Morgan fingerprint density at radius 2 is 1.02 bits per heavy atom. The van der Waals surface area contributed by atoms with Crippen molar-refractivity contribution in [2.75, 3.05) is 0 Å². The van der Waals surface area contributed by atoms with Crippen LogP contribution in [0.4, 0.5) is 0 Å². The van der Waals surface area contributed by atoms with Gasteiger partial charge in [-0.15, -0.1) is 63.5 Å². The van der Waals surface area contributed by atoms with E-state index in [0.717, 1.165) is 6.42 Å². The van der Waals surface area contributed by atoms with Gasteiger partial charge >= 0.3 is 99.2 Å². The Morgan fingerprint density at radius 3 is 1.41 bits per heavy atom. The average Bonchev–Trinajstić information content (AvgIpc) is 3.74. The van der Waals surface area contributed by atoms with Crippen molar-refractivity contribution in [1.82, 2.24) is 0 Å². The zero-order chi connectivity index (χ0) is 32.7. The molecule has 0 N–H and O–H groups in total. The zero-order valence-electron chi connectivity index (χ0n) is 28.1. The summed E-state index contributed by atoms with van der Waals surface area (Å²) >= 11 is 1.46. The Bertz CT molecular complexity index is 1850. The maximum atomic E-state index is 3.28. The van der Waals surface area contributed by atoms with Crippen LogP contribution in [0, 0.1) is 6.08 Å². The van der Waals surface area contributed by atoms with Crippen molar-refractivity contribution in [3.8, 4) is 0 Å². The van der Waals surface area contributed by atoms with Crippen molar-refractivity contribution >= 4 is 30.3 Å². The van der Waals surface area contributed by atoms with Crippen LogP contribution < -0.4 is 0 Å². The molecule has 0 nitrogen and oxygen atoms in total. The van der Waals surface area contributed by atoms with Crippen molar-refractivity contribution in [3.05, 3.63) is 180 Å². The Labute approximate surface area is 291 Å². The molecule has 1 heteroatoms. The SMILES string of the molecule is CC(C)(C)c1ccc2c(c1)[cH-]c1cc(C(C)(C)C)ccc12.[C-]1=C(c2ccccc2)C=CC1.[Zr+2]=[C](c1ccccc1)c1ccccc1. The molecule has 0 unspecified atom stereocenters. The Morgan fingerprint density at radius 1 is 0.587 bits per heavy atom. The van der Waals surface area contributed by atoms with Gasteiger partial charge in [-0.2, -0.15) is 17.7 Å². The van der Waals surface area contributed by atoms with Crippen LogP contribution >= 0.6 is 0 Å². The van der Waals surface area contributed by atoms with E-state index in [4.69, 9.17) is 0 Å². The quantitative estimate of drug-likeness (QED) is 0.164. The molecule has 46 heavy (non-hydrogen) atoms. The number of hydrogen-bond acceptors (Lipinski definition) is 0. The second kappa shape index (κ2) is 14.7. The van der Waals surface area contributed by atoms with Gasteiger partial charge in [0.15, 0.2) is 0 Å². The van der Waals surface area contributed by atoms with E-state index in [1.54, 1.807) is 0 Å². The molecule has 6 aromatic carbocycles. The van der Waals surface area contributed by atoms with E-state index in [2.05, 4.69) is 187 Å². The molecule has 0 saturated heterocycles. The Hall–Kier alpha value is -3.80. The summed E-state index contributed by atoms with van der Waals surface area (Å²) in [7, 11) is 0. The third-order valence-electron chi connectivity index (χ3n) is 8.34. The average molecular weight is 676 g/mol. The molecule has 0 atom stereocenters. The van der Waals surface area contributed by atoms with Gasteiger partial charge in [-0.25, -0.2) is 0 Å². The van der Waals surface area contributed by atoms with Crippen LogP contribution in [0.3, 0.4) is 0 Å². The summed E-state index contributed by atoms with van der Waals surface area (Å²) in [5, 5.41) is 5.48. The fraction of sp³-hybridized carbons (Fsp3) is 0.200. The topological polar surface area (TPSA) is 0 Å². The molecule has 0 aliphatic heterocycles. The summed E-state index contributed by atoms with van der Waals surface area (Å²) in [5.41, 5.74) is 8.37. The first-order chi connectivity index (χ1) is 22.0. The van der Waals surface area contributed by atoms with E-state index in [0.29, 0.717) is 0 Å². The third kappa shape index (κ3) is 8.51. The fourth-order valence-corrected chi connectivity index (χ4v) is 6.37. The Kier molecular flexibility index (Phi) is 10.8. The van der Waals surface area contributed by atoms with E-state index in [-0.39, 0.29) is 10.8 Å². The number of allylic oxidation sites excluding steroid dienone is 4. The molecule has 0 aromatic heterocycles. The number of benzene rings is 5. The van der Waals surface area contributed by atoms with Crippen molar-refractivity contribution in [1.29, 1.82) is 0 Å². The predicted octanol–water partition coefficient (Wildman–Crippen LogP) is 11.9. The van der Waals surface area contributed by atoms with E-state index < -0.39 is 0 Å². The van der Waals surface area contributed by atoms with Gasteiger partial charge in [0.25, 0.3) is 0 Å². The molecule has 0 heterocycles. The molecule has 6 aromatic rings.